The second kappa shape index (κ2) is 9.43. The first-order valence-corrected chi connectivity index (χ1v) is 2.03. The molecule has 0 aliphatic carbocycles. The SMILES string of the molecule is C[C@H](O)CC(=O)O.[H-].[H-].[Na+].[Na+]. The van der Waals surface area contributed by atoms with Gasteiger partial charge in [-0.25, -0.2) is 0 Å². The molecule has 2 N–H and O–H groups in total. The molecule has 1 atom stereocenters. The molecular weight excluding hydrogens is 142 g/mol. The fourth-order valence-electron chi connectivity index (χ4n) is 0.253. The fourth-order valence-corrected chi connectivity index (χ4v) is 0.253. The Labute approximate surface area is 101 Å². The van der Waals surface area contributed by atoms with E-state index < -0.39 is 12.1 Å². The van der Waals surface area contributed by atoms with E-state index in [2.05, 4.69) is 0 Å². The third-order valence-electron chi connectivity index (χ3n) is 0.470. The number of rotatable bonds is 2. The molecule has 0 rings (SSSR count). The van der Waals surface area contributed by atoms with Gasteiger partial charge in [-0.15, -0.1) is 0 Å². The van der Waals surface area contributed by atoms with Crippen molar-refractivity contribution in [1.82, 2.24) is 0 Å². The maximum absolute atomic E-state index is 9.65. The number of aliphatic hydroxyl groups is 1. The van der Waals surface area contributed by atoms with Crippen LogP contribution in [0.15, 0.2) is 0 Å². The molecule has 0 aromatic carbocycles. The van der Waals surface area contributed by atoms with Crippen molar-refractivity contribution in [2.75, 3.05) is 0 Å². The monoisotopic (exact) mass is 152 g/mol. The third-order valence-corrected chi connectivity index (χ3v) is 0.470. The first-order chi connectivity index (χ1) is 3.13. The molecule has 0 radical (unpaired) electrons. The molecule has 0 aliphatic heterocycles. The average molecular weight is 152 g/mol. The molecule has 0 unspecified atom stereocenters. The number of aliphatic carboxylic acids is 1. The van der Waals surface area contributed by atoms with Gasteiger partial charge in [0, 0.05) is 0 Å². The van der Waals surface area contributed by atoms with E-state index in [1.54, 1.807) is 0 Å². The van der Waals surface area contributed by atoms with E-state index in [-0.39, 0.29) is 68.4 Å². The van der Waals surface area contributed by atoms with Crippen LogP contribution in [0.4, 0.5) is 0 Å². The fraction of sp³-hybridized carbons (Fsp3) is 0.750. The summed E-state index contributed by atoms with van der Waals surface area (Å²) in [5, 5.41) is 16.3. The van der Waals surface area contributed by atoms with Crippen LogP contribution in [0, 0.1) is 0 Å². The van der Waals surface area contributed by atoms with Crippen LogP contribution in [0.25, 0.3) is 0 Å². The second-order valence-corrected chi connectivity index (χ2v) is 1.45. The topological polar surface area (TPSA) is 57.5 Å². The van der Waals surface area contributed by atoms with Crippen molar-refractivity contribution in [2.45, 2.75) is 19.4 Å². The van der Waals surface area contributed by atoms with Gasteiger partial charge in [-0.05, 0) is 6.92 Å². The Balaban J connectivity index is -0.0000000300. The predicted molar refractivity (Wildman–Crippen MR) is 26.2 cm³/mol. The number of hydrogen-bond acceptors (Lipinski definition) is 2. The van der Waals surface area contributed by atoms with Crippen molar-refractivity contribution in [3.8, 4) is 0 Å². The first-order valence-electron chi connectivity index (χ1n) is 2.03. The van der Waals surface area contributed by atoms with Crippen molar-refractivity contribution in [1.29, 1.82) is 0 Å². The number of carboxylic acid groups (broad SMARTS) is 1. The Morgan fingerprint density at radius 2 is 2.00 bits per heavy atom. The molecule has 9 heavy (non-hydrogen) atoms. The molecule has 46 valence electrons. The molecule has 3 nitrogen and oxygen atoms in total. The smallest absolute Gasteiger partial charge is 1.00 e. The molecule has 0 heterocycles. The molecule has 0 saturated carbocycles. The second-order valence-electron chi connectivity index (χ2n) is 1.45. The van der Waals surface area contributed by atoms with Crippen LogP contribution in [-0.2, 0) is 4.79 Å². The average Bonchev–Trinajstić information content (AvgIpc) is 1.27. The van der Waals surface area contributed by atoms with E-state index in [0.29, 0.717) is 0 Å². The Morgan fingerprint density at radius 1 is 1.67 bits per heavy atom. The standard InChI is InChI=1S/C4H8O3.2Na.2H/c1-3(5)2-4(6)7;;;;/h3,5H,2H2,1H3,(H,6,7);;;;/q;2*+1;2*-1/t3-;;;;/m0..../s1. The van der Waals surface area contributed by atoms with Gasteiger partial charge < -0.3 is 13.1 Å². The van der Waals surface area contributed by atoms with E-state index >= 15 is 0 Å². The zero-order valence-electron chi connectivity index (χ0n) is 8.09. The van der Waals surface area contributed by atoms with E-state index in [1.807, 2.05) is 0 Å². The van der Waals surface area contributed by atoms with Gasteiger partial charge in [-0.3, -0.25) is 4.79 Å². The zero-order chi connectivity index (χ0) is 5.86. The predicted octanol–water partition coefficient (Wildman–Crippen LogP) is -5.93. The van der Waals surface area contributed by atoms with E-state index in [1.165, 1.54) is 6.92 Å². The summed E-state index contributed by atoms with van der Waals surface area (Å²) in [5.41, 5.74) is 0. The van der Waals surface area contributed by atoms with Gasteiger partial charge in [0.05, 0.1) is 12.5 Å². The Morgan fingerprint density at radius 3 is 2.00 bits per heavy atom. The van der Waals surface area contributed by atoms with Crippen LogP contribution in [-0.4, -0.2) is 22.3 Å². The quantitative estimate of drug-likeness (QED) is 0.387. The number of carbonyl (C=O) groups is 1. The van der Waals surface area contributed by atoms with Crippen LogP contribution < -0.4 is 59.1 Å². The van der Waals surface area contributed by atoms with Crippen molar-refractivity contribution < 1.29 is 77.0 Å². The molecule has 0 aromatic heterocycles. The van der Waals surface area contributed by atoms with Gasteiger partial charge >= 0.3 is 65.1 Å². The van der Waals surface area contributed by atoms with Crippen molar-refractivity contribution in [3.63, 3.8) is 0 Å². The van der Waals surface area contributed by atoms with E-state index in [0.717, 1.165) is 0 Å². The Kier molecular flexibility index (Phi) is 17.6. The molecule has 0 fully saturated rings. The summed E-state index contributed by atoms with van der Waals surface area (Å²) in [4.78, 5) is 9.65. The summed E-state index contributed by atoms with van der Waals surface area (Å²) < 4.78 is 0. The van der Waals surface area contributed by atoms with Crippen LogP contribution in [0.1, 0.15) is 16.2 Å². The molecular formula is C4H10Na2O3. The summed E-state index contributed by atoms with van der Waals surface area (Å²) in [6.45, 7) is 1.44. The van der Waals surface area contributed by atoms with E-state index in [9.17, 15) is 4.79 Å². The Bertz CT molecular complexity index is 81.7. The van der Waals surface area contributed by atoms with Crippen molar-refractivity contribution in [3.05, 3.63) is 0 Å². The maximum atomic E-state index is 9.65. The molecule has 0 spiro atoms. The first kappa shape index (κ1) is 16.8. The van der Waals surface area contributed by atoms with Gasteiger partial charge in [0.1, 0.15) is 0 Å². The minimum Gasteiger partial charge on any atom is -1.00 e. The summed E-state index contributed by atoms with van der Waals surface area (Å²) in [7, 11) is 0. The minimum absolute atomic E-state index is 0. The summed E-state index contributed by atoms with van der Waals surface area (Å²) >= 11 is 0. The van der Waals surface area contributed by atoms with Crippen LogP contribution in [0.3, 0.4) is 0 Å². The van der Waals surface area contributed by atoms with Gasteiger partial charge in [-0.2, -0.15) is 0 Å². The molecule has 0 saturated heterocycles. The maximum Gasteiger partial charge on any atom is 1.00 e. The van der Waals surface area contributed by atoms with Gasteiger partial charge in [0.2, 0.25) is 0 Å². The molecule has 0 aliphatic rings. The molecule has 0 bridgehead atoms. The Hall–Kier alpha value is 1.43. The van der Waals surface area contributed by atoms with Crippen molar-refractivity contribution in [2.24, 2.45) is 0 Å². The third kappa shape index (κ3) is 17.7. The van der Waals surface area contributed by atoms with E-state index in [4.69, 9.17) is 10.2 Å². The largest absolute Gasteiger partial charge is 1.00 e. The van der Waals surface area contributed by atoms with Gasteiger partial charge in [0.15, 0.2) is 0 Å². The number of carboxylic acids is 1. The minimum atomic E-state index is -0.963. The zero-order valence-corrected chi connectivity index (χ0v) is 10.1. The molecule has 5 heteroatoms. The molecule has 0 aromatic rings. The van der Waals surface area contributed by atoms with Crippen LogP contribution >= 0.6 is 0 Å². The van der Waals surface area contributed by atoms with Crippen molar-refractivity contribution >= 4 is 5.97 Å². The normalized spacial score (nSPS) is 10.4. The van der Waals surface area contributed by atoms with Gasteiger partial charge in [-0.1, -0.05) is 0 Å². The summed E-state index contributed by atoms with van der Waals surface area (Å²) in [5.74, 6) is -0.963. The summed E-state index contributed by atoms with van der Waals surface area (Å²) in [6.07, 6.45) is -0.891. The van der Waals surface area contributed by atoms with Crippen LogP contribution in [0.2, 0.25) is 0 Å². The number of hydrogen-bond donors (Lipinski definition) is 2. The number of aliphatic hydroxyl groups excluding tert-OH is 1. The van der Waals surface area contributed by atoms with Crippen LogP contribution in [0.5, 0.6) is 0 Å². The molecule has 0 amide bonds. The summed E-state index contributed by atoms with van der Waals surface area (Å²) in [6, 6.07) is 0. The van der Waals surface area contributed by atoms with Gasteiger partial charge in [0.25, 0.3) is 0 Å².